The fourth-order valence-electron chi connectivity index (χ4n) is 2.97. The molecule has 0 spiro atoms. The molecule has 0 N–H and O–H groups in total. The Bertz CT molecular complexity index is 642. The summed E-state index contributed by atoms with van der Waals surface area (Å²) in [5.41, 5.74) is -1.40. The van der Waals surface area contributed by atoms with Crippen molar-refractivity contribution in [2.75, 3.05) is 21.3 Å². The molecule has 2 unspecified atom stereocenters. The maximum absolute atomic E-state index is 15.0. The Hall–Kier alpha value is -1.89. The molecule has 0 aliphatic carbocycles. The minimum Gasteiger partial charge on any atom is -0.493 e. The molecule has 128 valence electrons. The van der Waals surface area contributed by atoms with E-state index in [1.807, 2.05) is 0 Å². The van der Waals surface area contributed by atoms with Crippen molar-refractivity contribution in [3.63, 3.8) is 0 Å². The van der Waals surface area contributed by atoms with E-state index in [0.29, 0.717) is 0 Å². The minimum atomic E-state index is -1.73. The highest BCUT2D eigenvalue weighted by Gasteiger charge is 2.49. The zero-order valence-electron chi connectivity index (χ0n) is 14.0. The topological polar surface area (TPSA) is 54.0 Å². The highest BCUT2D eigenvalue weighted by atomic mass is 19.1. The number of methoxy groups -OCH3 is 3. The molecule has 1 heterocycles. The van der Waals surface area contributed by atoms with Crippen LogP contribution in [0.4, 0.5) is 8.78 Å². The number of benzene rings is 1. The molecule has 0 saturated carbocycles. The van der Waals surface area contributed by atoms with E-state index < -0.39 is 29.5 Å². The summed E-state index contributed by atoms with van der Waals surface area (Å²) >= 11 is 0. The maximum atomic E-state index is 15.0. The molecule has 0 radical (unpaired) electrons. The van der Waals surface area contributed by atoms with Crippen molar-refractivity contribution in [3.8, 4) is 17.2 Å². The molecule has 0 aromatic heterocycles. The van der Waals surface area contributed by atoms with Crippen LogP contribution in [0.25, 0.3) is 0 Å². The third-order valence-electron chi connectivity index (χ3n) is 3.95. The van der Waals surface area contributed by atoms with Crippen LogP contribution in [0.5, 0.6) is 17.2 Å². The zero-order chi connectivity index (χ0) is 17.5. The lowest BCUT2D eigenvalue weighted by atomic mass is 9.86. The van der Waals surface area contributed by atoms with Crippen molar-refractivity contribution in [3.05, 3.63) is 16.9 Å². The van der Waals surface area contributed by atoms with Crippen molar-refractivity contribution in [1.29, 1.82) is 0 Å². The third-order valence-corrected chi connectivity index (χ3v) is 3.95. The number of ether oxygens (including phenoxy) is 4. The van der Waals surface area contributed by atoms with E-state index >= 15 is 4.39 Å². The SMILES string of the molecule is COc1c(F)c(OC)c2c(c1C(C)=O)OC(C)(C)C(OC)C2F. The molecule has 1 aromatic carbocycles. The van der Waals surface area contributed by atoms with Gasteiger partial charge in [0.05, 0.1) is 19.8 Å². The van der Waals surface area contributed by atoms with Gasteiger partial charge >= 0.3 is 0 Å². The van der Waals surface area contributed by atoms with Crippen LogP contribution in [-0.4, -0.2) is 38.8 Å². The van der Waals surface area contributed by atoms with Gasteiger partial charge in [-0.15, -0.1) is 0 Å². The number of carbonyl (C=O) groups excluding carboxylic acids is 1. The molecule has 5 nitrogen and oxygen atoms in total. The summed E-state index contributed by atoms with van der Waals surface area (Å²) < 4.78 is 50.6. The van der Waals surface area contributed by atoms with Gasteiger partial charge in [-0.25, -0.2) is 4.39 Å². The van der Waals surface area contributed by atoms with E-state index in [9.17, 15) is 9.18 Å². The molecule has 0 bridgehead atoms. The van der Waals surface area contributed by atoms with E-state index in [-0.39, 0.29) is 28.4 Å². The number of carbonyl (C=O) groups is 1. The first-order valence-corrected chi connectivity index (χ1v) is 7.05. The largest absolute Gasteiger partial charge is 0.493 e. The molecule has 2 atom stereocenters. The number of halogens is 2. The van der Waals surface area contributed by atoms with Crippen molar-refractivity contribution in [1.82, 2.24) is 0 Å². The van der Waals surface area contributed by atoms with Gasteiger partial charge in [-0.05, 0) is 20.8 Å². The molecule has 1 aliphatic rings. The van der Waals surface area contributed by atoms with Crippen LogP contribution >= 0.6 is 0 Å². The molecule has 0 fully saturated rings. The standard InChI is InChI=1S/C16H20F2O5/c1-7(19)8-12-9(14(21-5)11(18)13(8)20-4)10(17)15(22-6)16(2,3)23-12/h10,15H,1-6H3. The number of hydrogen-bond donors (Lipinski definition) is 0. The minimum absolute atomic E-state index is 0.0709. The molecular formula is C16H20F2O5. The van der Waals surface area contributed by atoms with Crippen LogP contribution in [0.2, 0.25) is 0 Å². The maximum Gasteiger partial charge on any atom is 0.208 e. The summed E-state index contributed by atoms with van der Waals surface area (Å²) in [6.45, 7) is 4.49. The molecule has 0 amide bonds. The van der Waals surface area contributed by atoms with Gasteiger partial charge < -0.3 is 18.9 Å². The van der Waals surface area contributed by atoms with Crippen LogP contribution in [0.1, 0.15) is 42.9 Å². The Labute approximate surface area is 133 Å². The van der Waals surface area contributed by atoms with Crippen LogP contribution in [0.3, 0.4) is 0 Å². The highest BCUT2D eigenvalue weighted by molar-refractivity contribution is 6.01. The second-order valence-electron chi connectivity index (χ2n) is 5.82. The van der Waals surface area contributed by atoms with Gasteiger partial charge in [0.2, 0.25) is 5.82 Å². The van der Waals surface area contributed by atoms with E-state index in [2.05, 4.69) is 0 Å². The summed E-state index contributed by atoms with van der Waals surface area (Å²) in [5, 5.41) is 0. The van der Waals surface area contributed by atoms with E-state index in [1.165, 1.54) is 28.3 Å². The van der Waals surface area contributed by atoms with Gasteiger partial charge in [-0.1, -0.05) is 0 Å². The fourth-order valence-corrected chi connectivity index (χ4v) is 2.97. The number of Topliss-reactive ketones (excluding diaryl/α,β-unsaturated/α-hetero) is 1. The third kappa shape index (κ3) is 2.52. The molecular weight excluding hydrogens is 310 g/mol. The van der Waals surface area contributed by atoms with Gasteiger partial charge in [0.25, 0.3) is 0 Å². The first kappa shape index (κ1) is 17.5. The lowest BCUT2D eigenvalue weighted by Gasteiger charge is -2.42. The Balaban J connectivity index is 2.89. The number of alkyl halides is 1. The van der Waals surface area contributed by atoms with Crippen LogP contribution in [0, 0.1) is 5.82 Å². The average molecular weight is 330 g/mol. The van der Waals surface area contributed by atoms with Gasteiger partial charge in [0.15, 0.2) is 23.5 Å². The van der Waals surface area contributed by atoms with Crippen LogP contribution in [0.15, 0.2) is 0 Å². The zero-order valence-corrected chi connectivity index (χ0v) is 14.0. The number of fused-ring (bicyclic) bond motifs is 1. The summed E-state index contributed by atoms with van der Waals surface area (Å²) in [6.07, 6.45) is -2.72. The lowest BCUT2D eigenvalue weighted by Crippen LogP contribution is -2.49. The van der Waals surface area contributed by atoms with Gasteiger partial charge in [-0.3, -0.25) is 4.79 Å². The number of ketones is 1. The summed E-state index contributed by atoms with van der Waals surface area (Å²) in [6, 6.07) is 0. The average Bonchev–Trinajstić information content (AvgIpc) is 2.46. The molecule has 7 heteroatoms. The van der Waals surface area contributed by atoms with Gasteiger partial charge in [0.1, 0.15) is 23.0 Å². The molecule has 0 saturated heterocycles. The lowest BCUT2D eigenvalue weighted by molar-refractivity contribution is -0.108. The second kappa shape index (κ2) is 5.96. The summed E-state index contributed by atoms with van der Waals surface area (Å²) in [7, 11) is 3.76. The van der Waals surface area contributed by atoms with E-state index in [1.54, 1.807) is 13.8 Å². The van der Waals surface area contributed by atoms with Crippen molar-refractivity contribution in [2.24, 2.45) is 0 Å². The number of hydrogen-bond acceptors (Lipinski definition) is 5. The molecule has 2 rings (SSSR count). The van der Waals surface area contributed by atoms with Crippen molar-refractivity contribution < 1.29 is 32.5 Å². The molecule has 1 aliphatic heterocycles. The quantitative estimate of drug-likeness (QED) is 0.793. The second-order valence-corrected chi connectivity index (χ2v) is 5.82. The monoisotopic (exact) mass is 330 g/mol. The van der Waals surface area contributed by atoms with Gasteiger partial charge in [-0.2, -0.15) is 4.39 Å². The highest BCUT2D eigenvalue weighted by Crippen LogP contribution is 2.53. The van der Waals surface area contributed by atoms with E-state index in [0.717, 1.165) is 0 Å². The molecule has 1 aromatic rings. The Morgan fingerprint density at radius 1 is 1.17 bits per heavy atom. The summed E-state index contributed by atoms with van der Waals surface area (Å²) in [4.78, 5) is 12.0. The first-order valence-electron chi connectivity index (χ1n) is 7.05. The Kier molecular flexibility index (Phi) is 4.52. The molecule has 23 heavy (non-hydrogen) atoms. The van der Waals surface area contributed by atoms with Gasteiger partial charge in [0, 0.05) is 7.11 Å². The van der Waals surface area contributed by atoms with Crippen LogP contribution < -0.4 is 14.2 Å². The van der Waals surface area contributed by atoms with Crippen molar-refractivity contribution in [2.45, 2.75) is 38.6 Å². The summed E-state index contributed by atoms with van der Waals surface area (Å²) in [5.74, 6) is -2.20. The Morgan fingerprint density at radius 3 is 2.17 bits per heavy atom. The normalized spacial score (nSPS) is 22.1. The van der Waals surface area contributed by atoms with Crippen molar-refractivity contribution >= 4 is 5.78 Å². The predicted molar refractivity (Wildman–Crippen MR) is 78.9 cm³/mol. The van der Waals surface area contributed by atoms with E-state index in [4.69, 9.17) is 18.9 Å². The fraction of sp³-hybridized carbons (Fsp3) is 0.562. The Morgan fingerprint density at radius 2 is 1.74 bits per heavy atom. The number of rotatable bonds is 4. The van der Waals surface area contributed by atoms with Crippen LogP contribution in [-0.2, 0) is 4.74 Å². The predicted octanol–water partition coefficient (Wildman–Crippen LogP) is 3.24. The first-order chi connectivity index (χ1) is 10.7. The smallest absolute Gasteiger partial charge is 0.208 e.